The molecule has 3 aliphatic rings. The highest BCUT2D eigenvalue weighted by molar-refractivity contribution is 6.02. The van der Waals surface area contributed by atoms with Crippen LogP contribution in [-0.2, 0) is 18.9 Å². The molecule has 11 atom stereocenters. The van der Waals surface area contributed by atoms with E-state index < -0.39 is 79.9 Å². The van der Waals surface area contributed by atoms with Crippen LogP contribution in [0.5, 0.6) is 28.7 Å². The molecule has 5 rings (SSSR count). The minimum absolute atomic E-state index is 0.000657. The van der Waals surface area contributed by atoms with E-state index in [1.54, 1.807) is 18.2 Å². The number of ketones is 1. The van der Waals surface area contributed by atoms with Crippen molar-refractivity contribution in [2.45, 2.75) is 80.9 Å². The summed E-state index contributed by atoms with van der Waals surface area (Å²) in [5, 5.41) is 62.5. The van der Waals surface area contributed by atoms with Gasteiger partial charge in [-0.2, -0.15) is 0 Å². The number of Topliss-reactive ketones (excluding diaryl/α,β-unsaturated/α-hetero) is 1. The van der Waals surface area contributed by atoms with E-state index >= 15 is 0 Å². The number of aromatic hydroxyl groups is 1. The van der Waals surface area contributed by atoms with Gasteiger partial charge in [0.1, 0.15) is 71.6 Å². The Labute approximate surface area is 258 Å². The van der Waals surface area contributed by atoms with Crippen LogP contribution in [0.1, 0.15) is 35.4 Å². The molecular weight excluding hydrogens is 600 g/mol. The van der Waals surface area contributed by atoms with E-state index in [4.69, 9.17) is 37.9 Å². The quantitative estimate of drug-likeness (QED) is 0.210. The number of methoxy groups -OCH3 is 3. The van der Waals surface area contributed by atoms with Gasteiger partial charge in [-0.15, -0.1) is 0 Å². The summed E-state index contributed by atoms with van der Waals surface area (Å²) in [5.41, 5.74) is 0.609. The Kier molecular flexibility index (Phi) is 10.0. The lowest BCUT2D eigenvalue weighted by Gasteiger charge is -2.43. The summed E-state index contributed by atoms with van der Waals surface area (Å²) in [7, 11) is 4.27. The van der Waals surface area contributed by atoms with E-state index in [9.17, 15) is 35.4 Å². The third-order valence-electron chi connectivity index (χ3n) is 8.16. The Morgan fingerprint density at radius 3 is 2.27 bits per heavy atom. The van der Waals surface area contributed by atoms with Crippen molar-refractivity contribution >= 4 is 5.78 Å². The number of aliphatic hydroxyl groups is 5. The zero-order chi connectivity index (χ0) is 32.6. The third kappa shape index (κ3) is 6.54. The van der Waals surface area contributed by atoms with Gasteiger partial charge in [0.2, 0.25) is 6.29 Å². The third-order valence-corrected chi connectivity index (χ3v) is 8.16. The number of fused-ring (bicyclic) bond motifs is 1. The average Bonchev–Trinajstić information content (AvgIpc) is 3.02. The summed E-state index contributed by atoms with van der Waals surface area (Å²) in [5.74, 6) is 0.231. The largest absolute Gasteiger partial charge is 0.507 e. The van der Waals surface area contributed by atoms with Crippen molar-refractivity contribution in [2.75, 3.05) is 27.9 Å². The first-order chi connectivity index (χ1) is 21.5. The molecule has 0 saturated carbocycles. The van der Waals surface area contributed by atoms with Gasteiger partial charge < -0.3 is 68.5 Å². The van der Waals surface area contributed by atoms with Gasteiger partial charge >= 0.3 is 0 Å². The van der Waals surface area contributed by atoms with Crippen LogP contribution in [0.25, 0.3) is 0 Å². The number of phenolic OH excluding ortho intramolecular Hbond substituents is 1. The fourth-order valence-electron chi connectivity index (χ4n) is 5.59. The summed E-state index contributed by atoms with van der Waals surface area (Å²) in [6.07, 6.45) is -14.3. The van der Waals surface area contributed by atoms with Gasteiger partial charge in [0.05, 0.1) is 33.4 Å². The van der Waals surface area contributed by atoms with Crippen molar-refractivity contribution in [3.05, 3.63) is 41.5 Å². The average molecular weight is 639 g/mol. The highest BCUT2D eigenvalue weighted by Crippen LogP contribution is 2.43. The van der Waals surface area contributed by atoms with Crippen LogP contribution in [0.3, 0.4) is 0 Å². The molecule has 0 spiro atoms. The van der Waals surface area contributed by atoms with Crippen molar-refractivity contribution in [3.63, 3.8) is 0 Å². The monoisotopic (exact) mass is 638 g/mol. The fourth-order valence-corrected chi connectivity index (χ4v) is 5.59. The second kappa shape index (κ2) is 13.6. The Morgan fingerprint density at radius 2 is 1.58 bits per heavy atom. The Hall–Kier alpha value is -3.25. The molecule has 0 bridgehead atoms. The van der Waals surface area contributed by atoms with Gasteiger partial charge in [0.15, 0.2) is 23.6 Å². The minimum Gasteiger partial charge on any atom is -0.507 e. The highest BCUT2D eigenvalue weighted by atomic mass is 16.7. The molecule has 15 nitrogen and oxygen atoms in total. The van der Waals surface area contributed by atoms with Gasteiger partial charge in [0, 0.05) is 19.2 Å². The normalized spacial score (nSPS) is 34.9. The van der Waals surface area contributed by atoms with E-state index in [0.717, 1.165) is 0 Å². The molecule has 3 aliphatic heterocycles. The molecule has 0 aromatic heterocycles. The second-order valence-corrected chi connectivity index (χ2v) is 11.0. The van der Waals surface area contributed by atoms with E-state index in [-0.39, 0.29) is 29.3 Å². The van der Waals surface area contributed by atoms with Crippen LogP contribution in [0.2, 0.25) is 0 Å². The molecule has 0 amide bonds. The molecular formula is C30H38O15. The number of rotatable bonds is 9. The van der Waals surface area contributed by atoms with Crippen LogP contribution >= 0.6 is 0 Å². The summed E-state index contributed by atoms with van der Waals surface area (Å²) < 4.78 is 44.9. The molecule has 1 unspecified atom stereocenters. The lowest BCUT2D eigenvalue weighted by molar-refractivity contribution is -0.320. The van der Waals surface area contributed by atoms with Crippen LogP contribution in [-0.4, -0.2) is 126 Å². The standard InChI is InChI=1S/C30H38O15/c1-12-23(33)25(35)27(37)29(42-12)41-11-21-24(34)26(36)28(40-4)30(45-21)43-14-8-15(31)22-16(32)10-18(44-20(22)9-14)13-5-6-17(38-2)19(7-13)39-3/h5-9,12,18,21,23-31,33-37H,10-11H2,1-4H3/t12-,18?,21+,23-,24+,25+,26-,27+,28+,29+,30+/m0/s1. The fraction of sp³-hybridized carbons (Fsp3) is 0.567. The summed E-state index contributed by atoms with van der Waals surface area (Å²) in [6, 6.07) is 7.69. The predicted molar refractivity (Wildman–Crippen MR) is 150 cm³/mol. The Morgan fingerprint density at radius 1 is 0.844 bits per heavy atom. The lowest BCUT2D eigenvalue weighted by atomic mass is 9.95. The van der Waals surface area contributed by atoms with Gasteiger partial charge in [-0.25, -0.2) is 0 Å². The number of phenols is 1. The number of hydrogen-bond donors (Lipinski definition) is 6. The summed E-state index contributed by atoms with van der Waals surface area (Å²) in [4.78, 5) is 13.1. The van der Waals surface area contributed by atoms with Crippen molar-refractivity contribution in [1.82, 2.24) is 0 Å². The van der Waals surface area contributed by atoms with Gasteiger partial charge in [-0.1, -0.05) is 6.07 Å². The van der Waals surface area contributed by atoms with E-state index in [0.29, 0.717) is 17.1 Å². The summed E-state index contributed by atoms with van der Waals surface area (Å²) >= 11 is 0. The van der Waals surface area contributed by atoms with Crippen LogP contribution in [0, 0.1) is 0 Å². The molecule has 2 aromatic carbocycles. The van der Waals surface area contributed by atoms with E-state index in [1.807, 2.05) is 0 Å². The maximum Gasteiger partial charge on any atom is 0.229 e. The maximum atomic E-state index is 13.1. The molecule has 2 saturated heterocycles. The summed E-state index contributed by atoms with van der Waals surface area (Å²) in [6.45, 7) is 1.06. The number of benzene rings is 2. The lowest BCUT2D eigenvalue weighted by Crippen LogP contribution is -2.62. The molecule has 0 aliphatic carbocycles. The number of hydrogen-bond acceptors (Lipinski definition) is 15. The highest BCUT2D eigenvalue weighted by Gasteiger charge is 2.48. The topological polar surface area (TPSA) is 212 Å². The van der Waals surface area contributed by atoms with Crippen molar-refractivity contribution in [3.8, 4) is 28.7 Å². The SMILES string of the molecule is COc1ccc(C2CC(=O)c3c(O)cc(O[C@@H]4O[C@H](CO[C@@H]5O[C@@H](C)[C@H](O)[C@@H](O)[C@H]5O)[C@@H](O)[C@H](O)[C@H]4OC)cc3O2)cc1OC. The number of aliphatic hydroxyl groups excluding tert-OH is 5. The molecule has 6 N–H and O–H groups in total. The minimum atomic E-state index is -1.59. The smallest absolute Gasteiger partial charge is 0.229 e. The second-order valence-electron chi connectivity index (χ2n) is 11.0. The molecule has 15 heteroatoms. The first-order valence-electron chi connectivity index (χ1n) is 14.3. The molecule has 2 aromatic rings. The van der Waals surface area contributed by atoms with E-state index in [2.05, 4.69) is 0 Å². The van der Waals surface area contributed by atoms with Crippen LogP contribution in [0.4, 0.5) is 0 Å². The molecule has 248 valence electrons. The van der Waals surface area contributed by atoms with Crippen LogP contribution < -0.4 is 18.9 Å². The van der Waals surface area contributed by atoms with Crippen LogP contribution in [0.15, 0.2) is 30.3 Å². The zero-order valence-corrected chi connectivity index (χ0v) is 25.0. The van der Waals surface area contributed by atoms with Gasteiger partial charge in [-0.3, -0.25) is 4.79 Å². The van der Waals surface area contributed by atoms with Crippen molar-refractivity contribution < 1.29 is 73.3 Å². The first kappa shape index (κ1) is 33.1. The molecule has 0 radical (unpaired) electrons. The van der Waals surface area contributed by atoms with E-state index in [1.165, 1.54) is 40.4 Å². The Balaban J connectivity index is 1.33. The maximum absolute atomic E-state index is 13.1. The zero-order valence-electron chi connectivity index (χ0n) is 25.0. The van der Waals surface area contributed by atoms with Gasteiger partial charge in [-0.05, 0) is 24.6 Å². The molecule has 2 fully saturated rings. The van der Waals surface area contributed by atoms with Crippen molar-refractivity contribution in [1.29, 1.82) is 0 Å². The molecule has 3 heterocycles. The molecule has 45 heavy (non-hydrogen) atoms. The number of ether oxygens (including phenoxy) is 8. The van der Waals surface area contributed by atoms with Crippen molar-refractivity contribution in [2.24, 2.45) is 0 Å². The number of carbonyl (C=O) groups is 1. The predicted octanol–water partition coefficient (Wildman–Crippen LogP) is -0.199. The first-order valence-corrected chi connectivity index (χ1v) is 14.3. The number of carbonyl (C=O) groups excluding carboxylic acids is 1. The Bertz CT molecular complexity index is 1350. The van der Waals surface area contributed by atoms with Gasteiger partial charge in [0.25, 0.3) is 0 Å².